The Hall–Kier alpha value is -1.85. The van der Waals surface area contributed by atoms with Crippen LogP contribution in [0.1, 0.15) is 18.2 Å². The number of hydrogen-bond donors (Lipinski definition) is 1. The van der Waals surface area contributed by atoms with Crippen molar-refractivity contribution in [3.8, 4) is 0 Å². The van der Waals surface area contributed by atoms with Crippen LogP contribution in [-0.4, -0.2) is 19.6 Å². The fraction of sp³-hybridized carbons (Fsp3) is 0.455. The molecule has 2 heterocycles. The second-order valence-electron chi connectivity index (χ2n) is 3.92. The molecule has 0 aromatic carbocycles. The summed E-state index contributed by atoms with van der Waals surface area (Å²) >= 11 is 0. The standard InChI is InChI=1S/C11H16FN5/c1-4-17-11(12)9(7-14-17)6-13-10-5-8(2)16(3)15-10/h5,7H,4,6H2,1-3H3,(H,13,15). The van der Waals surface area contributed by atoms with E-state index in [0.29, 0.717) is 18.7 Å². The van der Waals surface area contributed by atoms with Crippen LogP contribution in [-0.2, 0) is 20.1 Å². The van der Waals surface area contributed by atoms with Gasteiger partial charge in [-0.15, -0.1) is 0 Å². The van der Waals surface area contributed by atoms with Gasteiger partial charge in [0.2, 0.25) is 5.95 Å². The molecule has 6 heteroatoms. The van der Waals surface area contributed by atoms with Crippen molar-refractivity contribution in [2.45, 2.75) is 26.9 Å². The molecule has 0 aliphatic carbocycles. The molecule has 0 unspecified atom stereocenters. The molecular formula is C11H16FN5. The van der Waals surface area contributed by atoms with E-state index in [2.05, 4.69) is 15.5 Å². The van der Waals surface area contributed by atoms with Crippen LogP contribution < -0.4 is 5.32 Å². The quantitative estimate of drug-likeness (QED) is 0.880. The fourth-order valence-corrected chi connectivity index (χ4v) is 1.58. The molecule has 2 aromatic rings. The number of nitrogens with one attached hydrogen (secondary N) is 1. The largest absolute Gasteiger partial charge is 0.364 e. The van der Waals surface area contributed by atoms with Gasteiger partial charge in [0.15, 0.2) is 0 Å². The van der Waals surface area contributed by atoms with Gasteiger partial charge in [0.25, 0.3) is 0 Å². The summed E-state index contributed by atoms with van der Waals surface area (Å²) in [5.41, 5.74) is 1.60. The van der Waals surface area contributed by atoms with Crippen LogP contribution in [0.15, 0.2) is 12.3 Å². The molecule has 0 saturated heterocycles. The summed E-state index contributed by atoms with van der Waals surface area (Å²) in [4.78, 5) is 0. The Balaban J connectivity index is 2.04. The smallest absolute Gasteiger partial charge is 0.216 e. The zero-order chi connectivity index (χ0) is 12.4. The van der Waals surface area contributed by atoms with Crippen LogP contribution in [0.3, 0.4) is 0 Å². The topological polar surface area (TPSA) is 47.7 Å². The highest BCUT2D eigenvalue weighted by Gasteiger charge is 2.09. The molecule has 0 amide bonds. The third kappa shape index (κ3) is 2.30. The summed E-state index contributed by atoms with van der Waals surface area (Å²) in [5, 5.41) is 11.3. The van der Waals surface area contributed by atoms with E-state index in [4.69, 9.17) is 0 Å². The number of hydrogen-bond acceptors (Lipinski definition) is 3. The van der Waals surface area contributed by atoms with E-state index in [1.807, 2.05) is 27.0 Å². The first-order valence-corrected chi connectivity index (χ1v) is 5.56. The maximum atomic E-state index is 13.7. The van der Waals surface area contributed by atoms with Crippen LogP contribution in [0.4, 0.5) is 10.2 Å². The molecular weight excluding hydrogens is 221 g/mol. The minimum Gasteiger partial charge on any atom is -0.364 e. The molecule has 0 bridgehead atoms. The predicted molar refractivity (Wildman–Crippen MR) is 63.1 cm³/mol. The lowest BCUT2D eigenvalue weighted by Crippen LogP contribution is -2.04. The normalized spacial score (nSPS) is 10.8. The lowest BCUT2D eigenvalue weighted by atomic mass is 10.3. The SMILES string of the molecule is CCn1ncc(CNc2cc(C)n(C)n2)c1F. The zero-order valence-electron chi connectivity index (χ0n) is 10.2. The van der Waals surface area contributed by atoms with Crippen molar-refractivity contribution in [3.63, 3.8) is 0 Å². The Morgan fingerprint density at radius 2 is 2.24 bits per heavy atom. The van der Waals surface area contributed by atoms with Crippen molar-refractivity contribution < 1.29 is 4.39 Å². The first kappa shape index (κ1) is 11.6. The molecule has 92 valence electrons. The van der Waals surface area contributed by atoms with Crippen molar-refractivity contribution >= 4 is 5.82 Å². The number of nitrogens with zero attached hydrogens (tertiary/aromatic N) is 4. The van der Waals surface area contributed by atoms with E-state index in [-0.39, 0.29) is 5.95 Å². The van der Waals surface area contributed by atoms with Crippen molar-refractivity contribution in [1.82, 2.24) is 19.6 Å². The van der Waals surface area contributed by atoms with Crippen LogP contribution in [0.2, 0.25) is 0 Å². The van der Waals surface area contributed by atoms with Crippen molar-refractivity contribution in [2.24, 2.45) is 7.05 Å². The molecule has 0 radical (unpaired) electrons. The van der Waals surface area contributed by atoms with Crippen molar-refractivity contribution in [2.75, 3.05) is 5.32 Å². The Morgan fingerprint density at radius 3 is 2.76 bits per heavy atom. The van der Waals surface area contributed by atoms with Gasteiger partial charge in [0.05, 0.1) is 6.20 Å². The lowest BCUT2D eigenvalue weighted by molar-refractivity contribution is 0.465. The molecule has 0 atom stereocenters. The second kappa shape index (κ2) is 4.57. The minimum absolute atomic E-state index is 0.285. The highest BCUT2D eigenvalue weighted by molar-refractivity contribution is 5.36. The monoisotopic (exact) mass is 237 g/mol. The molecule has 0 fully saturated rings. The van der Waals surface area contributed by atoms with Gasteiger partial charge in [-0.1, -0.05) is 0 Å². The van der Waals surface area contributed by atoms with Gasteiger partial charge in [-0.2, -0.15) is 14.6 Å². The Bertz CT molecular complexity index is 494. The number of rotatable bonds is 4. The number of halogens is 1. The van der Waals surface area contributed by atoms with Gasteiger partial charge in [0, 0.05) is 37.5 Å². The van der Waals surface area contributed by atoms with Crippen LogP contribution in [0, 0.1) is 12.9 Å². The van der Waals surface area contributed by atoms with E-state index in [9.17, 15) is 4.39 Å². The summed E-state index contributed by atoms with van der Waals surface area (Å²) in [5.74, 6) is 0.460. The van der Waals surface area contributed by atoms with Gasteiger partial charge >= 0.3 is 0 Å². The molecule has 0 aliphatic heterocycles. The van der Waals surface area contributed by atoms with E-state index >= 15 is 0 Å². The van der Waals surface area contributed by atoms with E-state index < -0.39 is 0 Å². The highest BCUT2D eigenvalue weighted by Crippen LogP contribution is 2.11. The molecule has 0 aliphatic rings. The van der Waals surface area contributed by atoms with Crippen LogP contribution >= 0.6 is 0 Å². The third-order valence-electron chi connectivity index (χ3n) is 2.72. The Kier molecular flexibility index (Phi) is 3.12. The molecule has 0 spiro atoms. The van der Waals surface area contributed by atoms with Crippen LogP contribution in [0.5, 0.6) is 0 Å². The molecule has 1 N–H and O–H groups in total. The number of anilines is 1. The maximum Gasteiger partial charge on any atom is 0.216 e. The molecule has 2 rings (SSSR count). The first-order valence-electron chi connectivity index (χ1n) is 5.56. The van der Waals surface area contributed by atoms with Gasteiger partial charge in [-0.3, -0.25) is 4.68 Å². The predicted octanol–water partition coefficient (Wildman–Crippen LogP) is 1.70. The molecule has 5 nitrogen and oxygen atoms in total. The van der Waals surface area contributed by atoms with Gasteiger partial charge in [-0.25, -0.2) is 4.68 Å². The first-order chi connectivity index (χ1) is 8.11. The maximum absolute atomic E-state index is 13.7. The summed E-state index contributed by atoms with van der Waals surface area (Å²) in [6.07, 6.45) is 1.54. The Morgan fingerprint density at radius 1 is 1.47 bits per heavy atom. The number of aryl methyl sites for hydroxylation is 3. The summed E-state index contributed by atoms with van der Waals surface area (Å²) in [6.45, 7) is 4.75. The average molecular weight is 237 g/mol. The average Bonchev–Trinajstić information content (AvgIpc) is 2.81. The van der Waals surface area contributed by atoms with Crippen molar-refractivity contribution in [1.29, 1.82) is 0 Å². The molecule has 17 heavy (non-hydrogen) atoms. The fourth-order valence-electron chi connectivity index (χ4n) is 1.58. The van der Waals surface area contributed by atoms with Gasteiger partial charge < -0.3 is 5.32 Å². The van der Waals surface area contributed by atoms with E-state index in [0.717, 1.165) is 11.5 Å². The minimum atomic E-state index is -0.285. The van der Waals surface area contributed by atoms with Gasteiger partial charge in [-0.05, 0) is 13.8 Å². The summed E-state index contributed by atoms with van der Waals surface area (Å²) < 4.78 is 16.8. The van der Waals surface area contributed by atoms with E-state index in [1.165, 1.54) is 4.68 Å². The van der Waals surface area contributed by atoms with Crippen molar-refractivity contribution in [3.05, 3.63) is 29.5 Å². The molecule has 0 saturated carbocycles. The highest BCUT2D eigenvalue weighted by atomic mass is 19.1. The third-order valence-corrected chi connectivity index (χ3v) is 2.72. The Labute approximate surface area is 99.2 Å². The zero-order valence-corrected chi connectivity index (χ0v) is 10.2. The second-order valence-corrected chi connectivity index (χ2v) is 3.92. The van der Waals surface area contributed by atoms with Gasteiger partial charge in [0.1, 0.15) is 5.82 Å². The summed E-state index contributed by atoms with van der Waals surface area (Å²) in [7, 11) is 1.87. The lowest BCUT2D eigenvalue weighted by Gasteiger charge is -2.01. The van der Waals surface area contributed by atoms with E-state index in [1.54, 1.807) is 10.9 Å². The number of aromatic nitrogens is 4. The molecule has 2 aromatic heterocycles. The van der Waals surface area contributed by atoms with Crippen LogP contribution in [0.25, 0.3) is 0 Å². The summed E-state index contributed by atoms with van der Waals surface area (Å²) in [6, 6.07) is 1.92.